The van der Waals surface area contributed by atoms with E-state index in [9.17, 15) is 4.79 Å². The van der Waals surface area contributed by atoms with E-state index >= 15 is 0 Å². The van der Waals surface area contributed by atoms with E-state index in [1.165, 1.54) is 25.7 Å². The lowest BCUT2D eigenvalue weighted by Gasteiger charge is -2.35. The maximum Gasteiger partial charge on any atom is 0.137 e. The summed E-state index contributed by atoms with van der Waals surface area (Å²) in [6.07, 6.45) is 8.00. The van der Waals surface area contributed by atoms with Gasteiger partial charge in [0.25, 0.3) is 0 Å². The molecule has 3 atom stereocenters. The van der Waals surface area contributed by atoms with Crippen LogP contribution in [0.5, 0.6) is 0 Å². The zero-order chi connectivity index (χ0) is 14.3. The topological polar surface area (TPSA) is 20.3 Å². The second-order valence-electron chi connectivity index (χ2n) is 6.32. The summed E-state index contributed by atoms with van der Waals surface area (Å²) >= 11 is 0. The van der Waals surface area contributed by atoms with E-state index in [1.807, 2.05) is 0 Å². The summed E-state index contributed by atoms with van der Waals surface area (Å²) in [5, 5.41) is 0. The molecule has 0 heterocycles. The van der Waals surface area contributed by atoms with Gasteiger partial charge in [-0.2, -0.15) is 0 Å². The van der Waals surface area contributed by atoms with Gasteiger partial charge in [-0.15, -0.1) is 0 Å². The van der Waals surface area contributed by atoms with E-state index in [2.05, 4.69) is 32.6 Å². The number of hydrogen-bond acceptors (Lipinski definition) is 2. The van der Waals surface area contributed by atoms with Gasteiger partial charge in [0.1, 0.15) is 5.78 Å². The standard InChI is InChI=1S/C17H33NO/c1-5-8-11-18(14(4)6-2)13-16-12-15(7-3)9-10-17(16)19/h14-16H,5-13H2,1-4H3. The molecule has 0 bridgehead atoms. The Morgan fingerprint density at radius 1 is 1.32 bits per heavy atom. The molecule has 0 amide bonds. The van der Waals surface area contributed by atoms with Gasteiger partial charge in [0.15, 0.2) is 0 Å². The van der Waals surface area contributed by atoms with Crippen LogP contribution in [0.4, 0.5) is 0 Å². The van der Waals surface area contributed by atoms with Crippen LogP contribution >= 0.6 is 0 Å². The monoisotopic (exact) mass is 267 g/mol. The number of Topliss-reactive ketones (excluding diaryl/α,β-unsaturated/α-hetero) is 1. The number of carbonyl (C=O) groups excluding carboxylic acids is 1. The lowest BCUT2D eigenvalue weighted by Crippen LogP contribution is -2.41. The first kappa shape index (κ1) is 16.7. The van der Waals surface area contributed by atoms with Gasteiger partial charge in [0.2, 0.25) is 0 Å². The van der Waals surface area contributed by atoms with E-state index in [0.29, 0.717) is 17.7 Å². The fourth-order valence-corrected chi connectivity index (χ4v) is 3.14. The van der Waals surface area contributed by atoms with Crippen molar-refractivity contribution in [1.29, 1.82) is 0 Å². The molecule has 1 aliphatic rings. The van der Waals surface area contributed by atoms with Crippen molar-refractivity contribution in [1.82, 2.24) is 4.90 Å². The van der Waals surface area contributed by atoms with Crippen molar-refractivity contribution in [3.8, 4) is 0 Å². The lowest BCUT2D eigenvalue weighted by molar-refractivity contribution is -0.126. The highest BCUT2D eigenvalue weighted by Gasteiger charge is 2.29. The van der Waals surface area contributed by atoms with Crippen LogP contribution in [0.1, 0.15) is 72.6 Å². The fourth-order valence-electron chi connectivity index (χ4n) is 3.14. The van der Waals surface area contributed by atoms with Gasteiger partial charge in [-0.1, -0.05) is 33.6 Å². The summed E-state index contributed by atoms with van der Waals surface area (Å²) in [4.78, 5) is 14.7. The third kappa shape index (κ3) is 5.25. The molecule has 0 aromatic heterocycles. The van der Waals surface area contributed by atoms with E-state index in [1.54, 1.807) is 0 Å². The maximum absolute atomic E-state index is 12.1. The summed E-state index contributed by atoms with van der Waals surface area (Å²) in [5.74, 6) is 1.62. The zero-order valence-corrected chi connectivity index (χ0v) is 13.5. The first-order valence-electron chi connectivity index (χ1n) is 8.39. The Balaban J connectivity index is 2.57. The van der Waals surface area contributed by atoms with E-state index in [4.69, 9.17) is 0 Å². The summed E-state index contributed by atoms with van der Waals surface area (Å²) in [6, 6.07) is 0.612. The third-order valence-electron chi connectivity index (χ3n) is 4.92. The van der Waals surface area contributed by atoms with Gasteiger partial charge in [-0.05, 0) is 45.1 Å². The second kappa shape index (κ2) is 8.73. The second-order valence-corrected chi connectivity index (χ2v) is 6.32. The van der Waals surface area contributed by atoms with Crippen LogP contribution in [0.15, 0.2) is 0 Å². The van der Waals surface area contributed by atoms with E-state index in [0.717, 1.165) is 38.3 Å². The van der Waals surface area contributed by atoms with Gasteiger partial charge in [0, 0.05) is 24.9 Å². The lowest BCUT2D eigenvalue weighted by atomic mass is 9.79. The van der Waals surface area contributed by atoms with Crippen LogP contribution in [-0.4, -0.2) is 29.8 Å². The van der Waals surface area contributed by atoms with Crippen LogP contribution < -0.4 is 0 Å². The molecule has 19 heavy (non-hydrogen) atoms. The van der Waals surface area contributed by atoms with E-state index in [-0.39, 0.29) is 0 Å². The molecule has 1 rings (SSSR count). The average Bonchev–Trinajstić information content (AvgIpc) is 2.44. The predicted octanol–water partition coefficient (Wildman–Crippen LogP) is 4.28. The molecule has 0 aliphatic heterocycles. The molecule has 1 fully saturated rings. The number of unbranched alkanes of at least 4 members (excludes halogenated alkanes) is 1. The van der Waals surface area contributed by atoms with Crippen molar-refractivity contribution in [3.63, 3.8) is 0 Å². The molecule has 1 saturated carbocycles. The van der Waals surface area contributed by atoms with Crippen molar-refractivity contribution >= 4 is 5.78 Å². The molecule has 0 N–H and O–H groups in total. The molecule has 2 heteroatoms. The first-order chi connectivity index (χ1) is 9.12. The molecule has 1 aliphatic carbocycles. The van der Waals surface area contributed by atoms with Crippen LogP contribution in [0.3, 0.4) is 0 Å². The average molecular weight is 267 g/mol. The molecule has 0 radical (unpaired) electrons. The highest BCUT2D eigenvalue weighted by molar-refractivity contribution is 5.81. The van der Waals surface area contributed by atoms with Crippen LogP contribution in [0.25, 0.3) is 0 Å². The predicted molar refractivity (Wildman–Crippen MR) is 82.4 cm³/mol. The Labute approximate surface area is 119 Å². The zero-order valence-electron chi connectivity index (χ0n) is 13.5. The van der Waals surface area contributed by atoms with Gasteiger partial charge in [-0.25, -0.2) is 0 Å². The molecule has 0 saturated heterocycles. The largest absolute Gasteiger partial charge is 0.300 e. The van der Waals surface area contributed by atoms with Crippen LogP contribution in [-0.2, 0) is 4.79 Å². The summed E-state index contributed by atoms with van der Waals surface area (Å²) in [6.45, 7) is 11.2. The Morgan fingerprint density at radius 2 is 2.05 bits per heavy atom. The van der Waals surface area contributed by atoms with Gasteiger partial charge >= 0.3 is 0 Å². The van der Waals surface area contributed by atoms with Crippen molar-refractivity contribution in [2.75, 3.05) is 13.1 Å². The Morgan fingerprint density at radius 3 is 2.63 bits per heavy atom. The minimum Gasteiger partial charge on any atom is -0.300 e. The minimum atomic E-state index is 0.310. The number of ketones is 1. The summed E-state index contributed by atoms with van der Waals surface area (Å²) in [7, 11) is 0. The van der Waals surface area contributed by atoms with Crippen LogP contribution in [0, 0.1) is 11.8 Å². The molecule has 0 aromatic rings. The molecular weight excluding hydrogens is 234 g/mol. The third-order valence-corrected chi connectivity index (χ3v) is 4.92. The molecule has 0 aromatic carbocycles. The van der Waals surface area contributed by atoms with Gasteiger partial charge < -0.3 is 0 Å². The Hall–Kier alpha value is -0.370. The molecule has 2 nitrogen and oxygen atoms in total. The highest BCUT2D eigenvalue weighted by atomic mass is 16.1. The normalized spacial score (nSPS) is 25.8. The van der Waals surface area contributed by atoms with Crippen LogP contribution in [0.2, 0.25) is 0 Å². The number of rotatable bonds is 8. The fraction of sp³-hybridized carbons (Fsp3) is 0.941. The maximum atomic E-state index is 12.1. The van der Waals surface area contributed by atoms with Crippen molar-refractivity contribution in [3.05, 3.63) is 0 Å². The molecule has 3 unspecified atom stereocenters. The number of nitrogens with zero attached hydrogens (tertiary/aromatic N) is 1. The summed E-state index contributed by atoms with van der Waals surface area (Å²) < 4.78 is 0. The van der Waals surface area contributed by atoms with E-state index < -0.39 is 0 Å². The number of carbonyl (C=O) groups is 1. The van der Waals surface area contributed by atoms with Gasteiger partial charge in [-0.3, -0.25) is 9.69 Å². The molecule has 0 spiro atoms. The highest BCUT2D eigenvalue weighted by Crippen LogP contribution is 2.29. The number of hydrogen-bond donors (Lipinski definition) is 0. The first-order valence-corrected chi connectivity index (χ1v) is 8.39. The molecular formula is C17H33NO. The molecule has 112 valence electrons. The Kier molecular flexibility index (Phi) is 7.67. The summed E-state index contributed by atoms with van der Waals surface area (Å²) in [5.41, 5.74) is 0. The van der Waals surface area contributed by atoms with Crippen molar-refractivity contribution < 1.29 is 4.79 Å². The van der Waals surface area contributed by atoms with Gasteiger partial charge in [0.05, 0.1) is 0 Å². The van der Waals surface area contributed by atoms with Crippen molar-refractivity contribution in [2.24, 2.45) is 11.8 Å². The Bertz CT molecular complexity index is 264. The quantitative estimate of drug-likeness (QED) is 0.654. The smallest absolute Gasteiger partial charge is 0.137 e. The SMILES string of the molecule is CCCCN(CC1CC(CC)CCC1=O)C(C)CC. The van der Waals surface area contributed by atoms with Crippen molar-refractivity contribution in [2.45, 2.75) is 78.7 Å². The minimum absolute atomic E-state index is 0.310.